The van der Waals surface area contributed by atoms with E-state index in [0.717, 1.165) is 15.8 Å². The van der Waals surface area contributed by atoms with Crippen molar-refractivity contribution >= 4 is 15.9 Å². The topological polar surface area (TPSA) is 18.5 Å². The van der Waals surface area contributed by atoms with Crippen LogP contribution >= 0.6 is 15.9 Å². The Kier molecular flexibility index (Phi) is 4.20. The molecule has 2 aromatic carbocycles. The Morgan fingerprint density at radius 3 is 2.67 bits per heavy atom. The quantitative estimate of drug-likeness (QED) is 0.843. The number of hydrogen-bond acceptors (Lipinski definition) is 2. The van der Waals surface area contributed by atoms with Crippen molar-refractivity contribution in [1.82, 2.24) is 0 Å². The van der Waals surface area contributed by atoms with Gasteiger partial charge in [0, 0.05) is 11.6 Å². The predicted molar refractivity (Wildman–Crippen MR) is 71.4 cm³/mol. The number of methoxy groups -OCH3 is 1. The predicted octanol–water partition coefficient (Wildman–Crippen LogP) is 4.18. The molecule has 0 aromatic heterocycles. The second kappa shape index (κ2) is 5.87. The van der Waals surface area contributed by atoms with Gasteiger partial charge in [-0.15, -0.1) is 0 Å². The molecule has 0 heterocycles. The molecular formula is C14H12BrFO2. The molecule has 0 aliphatic rings. The van der Waals surface area contributed by atoms with Gasteiger partial charge >= 0.3 is 0 Å². The fraction of sp³-hybridized carbons (Fsp3) is 0.143. The van der Waals surface area contributed by atoms with Crippen molar-refractivity contribution in [2.24, 2.45) is 0 Å². The molecule has 2 rings (SSSR count). The van der Waals surface area contributed by atoms with Gasteiger partial charge in [0.25, 0.3) is 0 Å². The Balaban J connectivity index is 2.14. The average molecular weight is 311 g/mol. The summed E-state index contributed by atoms with van der Waals surface area (Å²) in [5.74, 6) is 0.902. The lowest BCUT2D eigenvalue weighted by Crippen LogP contribution is -1.99. The van der Waals surface area contributed by atoms with Crippen molar-refractivity contribution in [3.63, 3.8) is 0 Å². The lowest BCUT2D eigenvalue weighted by molar-refractivity contribution is 0.293. The van der Waals surface area contributed by atoms with Gasteiger partial charge in [-0.1, -0.05) is 18.2 Å². The normalized spacial score (nSPS) is 10.2. The first kappa shape index (κ1) is 12.9. The van der Waals surface area contributed by atoms with Crippen LogP contribution in [0.3, 0.4) is 0 Å². The van der Waals surface area contributed by atoms with Gasteiger partial charge in [-0.2, -0.15) is 0 Å². The second-order valence-corrected chi connectivity index (χ2v) is 4.53. The van der Waals surface area contributed by atoms with Crippen molar-refractivity contribution in [2.45, 2.75) is 6.61 Å². The van der Waals surface area contributed by atoms with Crippen LogP contribution in [-0.2, 0) is 6.61 Å². The van der Waals surface area contributed by atoms with E-state index in [9.17, 15) is 4.39 Å². The molecule has 0 aliphatic carbocycles. The summed E-state index contributed by atoms with van der Waals surface area (Å²) in [7, 11) is 1.61. The highest BCUT2D eigenvalue weighted by atomic mass is 79.9. The van der Waals surface area contributed by atoms with E-state index in [1.807, 2.05) is 24.3 Å². The maximum atomic E-state index is 13.1. The number of halogens is 2. The molecule has 0 saturated carbocycles. The Morgan fingerprint density at radius 1 is 1.11 bits per heavy atom. The summed E-state index contributed by atoms with van der Waals surface area (Å²) in [5.41, 5.74) is 0.913. The van der Waals surface area contributed by atoms with Crippen molar-refractivity contribution in [3.05, 3.63) is 58.3 Å². The van der Waals surface area contributed by atoms with Crippen LogP contribution in [0, 0.1) is 5.82 Å². The molecule has 0 spiro atoms. The molecule has 0 radical (unpaired) electrons. The van der Waals surface area contributed by atoms with Gasteiger partial charge < -0.3 is 9.47 Å². The summed E-state index contributed by atoms with van der Waals surface area (Å²) in [6.45, 7) is 0.325. The standard InChI is InChI=1S/C14H12BrFO2/c1-17-13-5-3-2-4-10(13)9-18-14-8-11(16)6-7-12(14)15/h2-8H,9H2,1H3. The zero-order chi connectivity index (χ0) is 13.0. The lowest BCUT2D eigenvalue weighted by atomic mass is 10.2. The molecule has 2 aromatic rings. The van der Waals surface area contributed by atoms with E-state index in [1.54, 1.807) is 13.2 Å². The number of rotatable bonds is 4. The van der Waals surface area contributed by atoms with Gasteiger partial charge in [0.2, 0.25) is 0 Å². The third-order valence-corrected chi connectivity index (χ3v) is 3.12. The summed E-state index contributed by atoms with van der Waals surface area (Å²) < 4.78 is 24.6. The SMILES string of the molecule is COc1ccccc1COc1cc(F)ccc1Br. The molecule has 0 amide bonds. The van der Waals surface area contributed by atoms with Crippen LogP contribution < -0.4 is 9.47 Å². The van der Waals surface area contributed by atoms with Crippen LogP contribution in [0.25, 0.3) is 0 Å². The monoisotopic (exact) mass is 310 g/mol. The molecule has 0 bridgehead atoms. The molecule has 2 nitrogen and oxygen atoms in total. The molecule has 0 fully saturated rings. The van der Waals surface area contributed by atoms with Gasteiger partial charge in [-0.05, 0) is 34.1 Å². The summed E-state index contributed by atoms with van der Waals surface area (Å²) in [4.78, 5) is 0. The van der Waals surface area contributed by atoms with E-state index in [4.69, 9.17) is 9.47 Å². The highest BCUT2D eigenvalue weighted by Gasteiger charge is 2.06. The smallest absolute Gasteiger partial charge is 0.136 e. The van der Waals surface area contributed by atoms with Crippen molar-refractivity contribution in [1.29, 1.82) is 0 Å². The van der Waals surface area contributed by atoms with Gasteiger partial charge in [0.05, 0.1) is 11.6 Å². The Hall–Kier alpha value is -1.55. The molecular weight excluding hydrogens is 299 g/mol. The number of ether oxygens (including phenoxy) is 2. The van der Waals surface area contributed by atoms with Crippen molar-refractivity contribution in [2.75, 3.05) is 7.11 Å². The van der Waals surface area contributed by atoms with Gasteiger partial charge in [-0.25, -0.2) is 4.39 Å². The highest BCUT2D eigenvalue weighted by Crippen LogP contribution is 2.27. The van der Waals surface area contributed by atoms with Gasteiger partial charge in [0.1, 0.15) is 23.9 Å². The molecule has 0 aliphatic heterocycles. The minimum atomic E-state index is -0.326. The van der Waals surface area contributed by atoms with E-state index in [2.05, 4.69) is 15.9 Å². The fourth-order valence-electron chi connectivity index (χ4n) is 1.57. The number of hydrogen-bond donors (Lipinski definition) is 0. The average Bonchev–Trinajstić information content (AvgIpc) is 2.40. The first-order valence-corrected chi connectivity index (χ1v) is 6.20. The first-order chi connectivity index (χ1) is 8.70. The summed E-state index contributed by atoms with van der Waals surface area (Å²) in [5, 5.41) is 0. The second-order valence-electron chi connectivity index (χ2n) is 3.68. The van der Waals surface area contributed by atoms with E-state index in [-0.39, 0.29) is 5.82 Å². The van der Waals surface area contributed by atoms with Gasteiger partial charge in [0.15, 0.2) is 0 Å². The van der Waals surface area contributed by atoms with E-state index < -0.39 is 0 Å². The van der Waals surface area contributed by atoms with Crippen LogP contribution in [0.2, 0.25) is 0 Å². The highest BCUT2D eigenvalue weighted by molar-refractivity contribution is 9.10. The van der Waals surface area contributed by atoms with Crippen LogP contribution in [0.15, 0.2) is 46.9 Å². The Bertz CT molecular complexity index is 543. The molecule has 0 unspecified atom stereocenters. The Morgan fingerprint density at radius 2 is 1.89 bits per heavy atom. The van der Waals surface area contributed by atoms with Crippen molar-refractivity contribution < 1.29 is 13.9 Å². The van der Waals surface area contributed by atoms with Crippen molar-refractivity contribution in [3.8, 4) is 11.5 Å². The zero-order valence-corrected chi connectivity index (χ0v) is 11.4. The van der Waals surface area contributed by atoms with Crippen LogP contribution in [0.5, 0.6) is 11.5 Å². The maximum absolute atomic E-state index is 13.1. The third-order valence-electron chi connectivity index (χ3n) is 2.47. The summed E-state index contributed by atoms with van der Waals surface area (Å²) >= 11 is 3.32. The maximum Gasteiger partial charge on any atom is 0.136 e. The van der Waals surface area contributed by atoms with Crippen LogP contribution in [-0.4, -0.2) is 7.11 Å². The number of para-hydroxylation sites is 1. The minimum absolute atomic E-state index is 0.325. The van der Waals surface area contributed by atoms with Gasteiger partial charge in [-0.3, -0.25) is 0 Å². The third kappa shape index (κ3) is 3.01. The molecule has 94 valence electrons. The molecule has 0 atom stereocenters. The van der Waals surface area contributed by atoms with Crippen LogP contribution in [0.1, 0.15) is 5.56 Å². The molecule has 18 heavy (non-hydrogen) atoms. The zero-order valence-electron chi connectivity index (χ0n) is 9.82. The largest absolute Gasteiger partial charge is 0.496 e. The van der Waals surface area contributed by atoms with E-state index >= 15 is 0 Å². The lowest BCUT2D eigenvalue weighted by Gasteiger charge is -2.11. The first-order valence-electron chi connectivity index (χ1n) is 5.40. The van der Waals surface area contributed by atoms with E-state index in [0.29, 0.717) is 12.4 Å². The van der Waals surface area contributed by atoms with E-state index in [1.165, 1.54) is 12.1 Å². The minimum Gasteiger partial charge on any atom is -0.496 e. The fourth-order valence-corrected chi connectivity index (χ4v) is 1.93. The molecule has 0 N–H and O–H groups in total. The summed E-state index contributed by atoms with van der Waals surface area (Å²) in [6.07, 6.45) is 0. The molecule has 0 saturated heterocycles. The molecule has 4 heteroatoms. The Labute approximate surface area is 113 Å². The summed E-state index contributed by atoms with van der Waals surface area (Å²) in [6, 6.07) is 11.9. The number of benzene rings is 2. The van der Waals surface area contributed by atoms with Crippen LogP contribution in [0.4, 0.5) is 4.39 Å².